The predicted octanol–water partition coefficient (Wildman–Crippen LogP) is 2.63. The fraction of sp³-hybridized carbons (Fsp3) is 0.400. The minimum atomic E-state index is -0.976. The smallest absolute Gasteiger partial charge is 0.337 e. The molecule has 112 valence electrons. The van der Waals surface area contributed by atoms with E-state index in [1.807, 2.05) is 20.8 Å². The van der Waals surface area contributed by atoms with Gasteiger partial charge < -0.3 is 9.84 Å². The molecule has 0 aliphatic carbocycles. The summed E-state index contributed by atoms with van der Waals surface area (Å²) >= 11 is 0. The molecule has 0 radical (unpaired) electrons. The molecule has 0 atom stereocenters. The first-order valence-corrected chi connectivity index (χ1v) is 6.90. The van der Waals surface area contributed by atoms with Crippen LogP contribution in [-0.4, -0.2) is 32.4 Å². The number of rotatable bonds is 6. The number of ether oxygens (including phenoxy) is 1. The number of benzene rings is 1. The standard InChI is InChI=1S/C15H19N3O3/c1-4-21-9-13-16-17-14(10(2)3)18(13)12-8-6-5-7-11(12)15(19)20/h5-8,10H,4,9H2,1-3H3,(H,19,20). The van der Waals surface area contributed by atoms with Crippen molar-refractivity contribution in [2.24, 2.45) is 0 Å². The van der Waals surface area contributed by atoms with Crippen LogP contribution in [0.1, 0.15) is 48.7 Å². The fourth-order valence-electron chi connectivity index (χ4n) is 2.10. The molecule has 0 fully saturated rings. The van der Waals surface area contributed by atoms with Gasteiger partial charge in [-0.2, -0.15) is 0 Å². The summed E-state index contributed by atoms with van der Waals surface area (Å²) in [6.45, 7) is 6.74. The summed E-state index contributed by atoms with van der Waals surface area (Å²) in [4.78, 5) is 11.4. The zero-order valence-electron chi connectivity index (χ0n) is 12.4. The van der Waals surface area contributed by atoms with Crippen LogP contribution >= 0.6 is 0 Å². The third-order valence-corrected chi connectivity index (χ3v) is 3.08. The SMILES string of the molecule is CCOCc1nnc(C(C)C)n1-c1ccccc1C(=O)O. The fourth-order valence-corrected chi connectivity index (χ4v) is 2.10. The van der Waals surface area contributed by atoms with Gasteiger partial charge in [-0.25, -0.2) is 4.79 Å². The molecule has 1 aromatic heterocycles. The number of hydrogen-bond acceptors (Lipinski definition) is 4. The zero-order chi connectivity index (χ0) is 15.4. The molecule has 1 N–H and O–H groups in total. The van der Waals surface area contributed by atoms with E-state index < -0.39 is 5.97 Å². The Balaban J connectivity index is 2.60. The molecular weight excluding hydrogens is 270 g/mol. The maximum atomic E-state index is 11.4. The molecule has 21 heavy (non-hydrogen) atoms. The number of hydrogen-bond donors (Lipinski definition) is 1. The van der Waals surface area contributed by atoms with Crippen molar-refractivity contribution in [3.63, 3.8) is 0 Å². The van der Waals surface area contributed by atoms with E-state index in [1.165, 1.54) is 0 Å². The van der Waals surface area contributed by atoms with Crippen LogP contribution in [0.25, 0.3) is 5.69 Å². The maximum Gasteiger partial charge on any atom is 0.337 e. The summed E-state index contributed by atoms with van der Waals surface area (Å²) in [5, 5.41) is 17.7. The lowest BCUT2D eigenvalue weighted by molar-refractivity contribution is 0.0696. The Morgan fingerprint density at radius 1 is 1.33 bits per heavy atom. The normalized spacial score (nSPS) is 11.0. The average molecular weight is 289 g/mol. The highest BCUT2D eigenvalue weighted by molar-refractivity contribution is 5.92. The summed E-state index contributed by atoms with van der Waals surface area (Å²) in [7, 11) is 0. The van der Waals surface area contributed by atoms with Gasteiger partial charge in [0.1, 0.15) is 12.4 Å². The Kier molecular flexibility index (Phi) is 4.70. The van der Waals surface area contributed by atoms with E-state index in [4.69, 9.17) is 4.74 Å². The topological polar surface area (TPSA) is 77.2 Å². The number of nitrogens with zero attached hydrogens (tertiary/aromatic N) is 3. The van der Waals surface area contributed by atoms with Crippen molar-refractivity contribution in [2.45, 2.75) is 33.3 Å². The first kappa shape index (κ1) is 15.2. The van der Waals surface area contributed by atoms with Crippen molar-refractivity contribution >= 4 is 5.97 Å². The lowest BCUT2D eigenvalue weighted by Crippen LogP contribution is -2.12. The van der Waals surface area contributed by atoms with Crippen LogP contribution in [0.3, 0.4) is 0 Å². The van der Waals surface area contributed by atoms with Crippen LogP contribution in [-0.2, 0) is 11.3 Å². The van der Waals surface area contributed by atoms with Gasteiger partial charge in [-0.05, 0) is 19.1 Å². The molecule has 0 aliphatic heterocycles. The number of carboxylic acid groups (broad SMARTS) is 1. The number of aromatic carboxylic acids is 1. The summed E-state index contributed by atoms with van der Waals surface area (Å²) in [6.07, 6.45) is 0. The molecule has 0 bridgehead atoms. The summed E-state index contributed by atoms with van der Waals surface area (Å²) in [6, 6.07) is 6.84. The molecule has 6 nitrogen and oxygen atoms in total. The van der Waals surface area contributed by atoms with Gasteiger partial charge in [0.05, 0.1) is 11.3 Å². The number of aromatic nitrogens is 3. The van der Waals surface area contributed by atoms with Crippen molar-refractivity contribution in [1.29, 1.82) is 0 Å². The Bertz CT molecular complexity index is 635. The zero-order valence-corrected chi connectivity index (χ0v) is 12.4. The third-order valence-electron chi connectivity index (χ3n) is 3.08. The second-order valence-corrected chi connectivity index (χ2v) is 4.92. The van der Waals surface area contributed by atoms with E-state index in [9.17, 15) is 9.90 Å². The Morgan fingerprint density at radius 2 is 2.05 bits per heavy atom. The van der Waals surface area contributed by atoms with Crippen LogP contribution in [0.15, 0.2) is 24.3 Å². The molecule has 1 heterocycles. The highest BCUT2D eigenvalue weighted by Gasteiger charge is 2.20. The van der Waals surface area contributed by atoms with Gasteiger partial charge in [-0.15, -0.1) is 10.2 Å². The molecule has 0 saturated carbocycles. The summed E-state index contributed by atoms with van der Waals surface area (Å²) in [5.74, 6) is 0.471. The van der Waals surface area contributed by atoms with E-state index in [0.29, 0.717) is 24.7 Å². The number of carbonyl (C=O) groups is 1. The van der Waals surface area contributed by atoms with Crippen molar-refractivity contribution in [2.75, 3.05) is 6.61 Å². The summed E-state index contributed by atoms with van der Waals surface area (Å²) < 4.78 is 7.19. The van der Waals surface area contributed by atoms with Crippen LogP contribution in [0.2, 0.25) is 0 Å². The van der Waals surface area contributed by atoms with Crippen LogP contribution in [0.4, 0.5) is 0 Å². The molecule has 2 aromatic rings. The van der Waals surface area contributed by atoms with E-state index in [-0.39, 0.29) is 11.5 Å². The van der Waals surface area contributed by atoms with E-state index in [2.05, 4.69) is 10.2 Å². The largest absolute Gasteiger partial charge is 0.478 e. The lowest BCUT2D eigenvalue weighted by Gasteiger charge is -2.14. The first-order chi connectivity index (χ1) is 10.1. The molecule has 0 saturated heterocycles. The van der Waals surface area contributed by atoms with Gasteiger partial charge in [0.25, 0.3) is 0 Å². The monoisotopic (exact) mass is 289 g/mol. The summed E-state index contributed by atoms with van der Waals surface area (Å²) in [5.41, 5.74) is 0.783. The predicted molar refractivity (Wildman–Crippen MR) is 77.7 cm³/mol. The quantitative estimate of drug-likeness (QED) is 0.884. The van der Waals surface area contributed by atoms with E-state index in [1.54, 1.807) is 28.8 Å². The van der Waals surface area contributed by atoms with Gasteiger partial charge in [0, 0.05) is 12.5 Å². The molecule has 0 aliphatic rings. The lowest BCUT2D eigenvalue weighted by atomic mass is 10.1. The Morgan fingerprint density at radius 3 is 2.67 bits per heavy atom. The van der Waals surface area contributed by atoms with Crippen LogP contribution in [0, 0.1) is 0 Å². The van der Waals surface area contributed by atoms with Gasteiger partial charge >= 0.3 is 5.97 Å². The highest BCUT2D eigenvalue weighted by Crippen LogP contribution is 2.23. The second kappa shape index (κ2) is 6.49. The van der Waals surface area contributed by atoms with Gasteiger partial charge in [-0.3, -0.25) is 4.57 Å². The average Bonchev–Trinajstić information content (AvgIpc) is 2.88. The molecule has 2 rings (SSSR count). The van der Waals surface area contributed by atoms with E-state index >= 15 is 0 Å². The molecule has 1 aromatic carbocycles. The van der Waals surface area contributed by atoms with Gasteiger partial charge in [-0.1, -0.05) is 26.0 Å². The Hall–Kier alpha value is -2.21. The van der Waals surface area contributed by atoms with Gasteiger partial charge in [0.2, 0.25) is 0 Å². The minimum absolute atomic E-state index is 0.120. The number of carboxylic acids is 1. The molecule has 0 unspecified atom stereocenters. The Labute approximate surface area is 123 Å². The molecular formula is C15H19N3O3. The molecule has 6 heteroatoms. The van der Waals surface area contributed by atoms with Crippen molar-refractivity contribution in [1.82, 2.24) is 14.8 Å². The third kappa shape index (κ3) is 3.11. The van der Waals surface area contributed by atoms with E-state index in [0.717, 1.165) is 5.82 Å². The van der Waals surface area contributed by atoms with Crippen molar-refractivity contribution in [3.05, 3.63) is 41.5 Å². The van der Waals surface area contributed by atoms with Crippen LogP contribution < -0.4 is 0 Å². The second-order valence-electron chi connectivity index (χ2n) is 4.92. The first-order valence-electron chi connectivity index (χ1n) is 6.90. The maximum absolute atomic E-state index is 11.4. The van der Waals surface area contributed by atoms with Gasteiger partial charge in [0.15, 0.2) is 5.82 Å². The number of para-hydroxylation sites is 1. The minimum Gasteiger partial charge on any atom is -0.478 e. The van der Waals surface area contributed by atoms with Crippen LogP contribution in [0.5, 0.6) is 0 Å². The van der Waals surface area contributed by atoms with Crippen molar-refractivity contribution < 1.29 is 14.6 Å². The highest BCUT2D eigenvalue weighted by atomic mass is 16.5. The van der Waals surface area contributed by atoms with Crippen molar-refractivity contribution in [3.8, 4) is 5.69 Å². The molecule has 0 amide bonds. The molecule has 0 spiro atoms.